The Labute approximate surface area is 143 Å². The molecule has 0 bridgehead atoms. The summed E-state index contributed by atoms with van der Waals surface area (Å²) in [5, 5.41) is 0. The second-order valence-electron chi connectivity index (χ2n) is 5.82. The summed E-state index contributed by atoms with van der Waals surface area (Å²) >= 11 is 0. The van der Waals surface area contributed by atoms with Gasteiger partial charge in [0.1, 0.15) is 0 Å². The van der Waals surface area contributed by atoms with Gasteiger partial charge in [-0.2, -0.15) is 4.98 Å². The average molecular weight is 347 g/mol. The monoisotopic (exact) mass is 347 g/mol. The Morgan fingerprint density at radius 1 is 1.24 bits per heavy atom. The molecule has 0 unspecified atom stereocenters. The summed E-state index contributed by atoms with van der Waals surface area (Å²) in [5.74, 6) is 0.174. The minimum atomic E-state index is -0.498. The van der Waals surface area contributed by atoms with Gasteiger partial charge in [-0.15, -0.1) is 0 Å². The minimum Gasteiger partial charge on any atom is -0.466 e. The Kier molecular flexibility index (Phi) is 4.23. The summed E-state index contributed by atoms with van der Waals surface area (Å²) in [6.45, 7) is 6.57. The van der Waals surface area contributed by atoms with Crippen molar-refractivity contribution >= 4 is 22.9 Å². The van der Waals surface area contributed by atoms with E-state index < -0.39 is 17.2 Å². The van der Waals surface area contributed by atoms with Crippen LogP contribution in [0.5, 0.6) is 0 Å². The van der Waals surface area contributed by atoms with E-state index in [1.165, 1.54) is 4.57 Å². The molecule has 0 aliphatic carbocycles. The summed E-state index contributed by atoms with van der Waals surface area (Å²) in [6, 6.07) is 0. The van der Waals surface area contributed by atoms with Crippen molar-refractivity contribution in [3.8, 4) is 0 Å². The van der Waals surface area contributed by atoms with Crippen LogP contribution in [0, 0.1) is 6.92 Å². The zero-order valence-corrected chi connectivity index (χ0v) is 14.8. The lowest BCUT2D eigenvalue weighted by atomic mass is 10.4. The van der Waals surface area contributed by atoms with E-state index in [1.807, 2.05) is 24.6 Å². The number of aromatic nitrogens is 5. The topological polar surface area (TPSA) is 92.5 Å². The van der Waals surface area contributed by atoms with E-state index in [1.54, 1.807) is 18.4 Å². The van der Waals surface area contributed by atoms with E-state index in [2.05, 4.69) is 4.98 Å². The van der Waals surface area contributed by atoms with Gasteiger partial charge in [0.2, 0.25) is 5.78 Å². The van der Waals surface area contributed by atoms with Gasteiger partial charge in [-0.25, -0.2) is 4.79 Å². The van der Waals surface area contributed by atoms with Crippen LogP contribution in [0.1, 0.15) is 26.0 Å². The highest BCUT2D eigenvalue weighted by molar-refractivity contribution is 5.75. The fourth-order valence-electron chi connectivity index (χ4n) is 3.08. The van der Waals surface area contributed by atoms with Crippen LogP contribution in [0.4, 0.5) is 0 Å². The molecule has 0 spiro atoms. The van der Waals surface area contributed by atoms with Crippen LogP contribution >= 0.6 is 0 Å². The second kappa shape index (κ2) is 6.23. The molecule has 0 radical (unpaired) electrons. The molecule has 0 N–H and O–H groups in total. The first-order valence-electron chi connectivity index (χ1n) is 8.24. The predicted molar refractivity (Wildman–Crippen MR) is 91.9 cm³/mol. The van der Waals surface area contributed by atoms with Gasteiger partial charge >= 0.3 is 11.7 Å². The van der Waals surface area contributed by atoms with Gasteiger partial charge in [0.05, 0.1) is 13.0 Å². The third-order valence-electron chi connectivity index (χ3n) is 4.30. The maximum atomic E-state index is 12.9. The van der Waals surface area contributed by atoms with E-state index in [-0.39, 0.29) is 19.6 Å². The van der Waals surface area contributed by atoms with Gasteiger partial charge < -0.3 is 9.30 Å². The fraction of sp³-hybridized carbons (Fsp3) is 0.500. The van der Waals surface area contributed by atoms with Crippen LogP contribution in [0.25, 0.3) is 16.9 Å². The van der Waals surface area contributed by atoms with E-state index in [0.717, 1.165) is 10.3 Å². The number of hydrogen-bond donors (Lipinski definition) is 0. The van der Waals surface area contributed by atoms with Crippen molar-refractivity contribution in [3.63, 3.8) is 0 Å². The number of carbonyl (C=O) groups excluding carboxylic acids is 1. The molecule has 3 rings (SSSR count). The molecular formula is C16H21N5O4. The molecule has 9 heteroatoms. The Hall–Kier alpha value is -2.84. The number of esters is 1. The lowest BCUT2D eigenvalue weighted by Crippen LogP contribution is -2.39. The Bertz CT molecular complexity index is 1080. The zero-order chi connectivity index (χ0) is 18.3. The Morgan fingerprint density at radius 2 is 1.96 bits per heavy atom. The number of carbonyl (C=O) groups is 1. The SMILES string of the molecule is CCOC(=O)CCn1c(=O)c2c(nc3n(CC)c(C)cn23)n(C)c1=O. The number of hydrogen-bond acceptors (Lipinski definition) is 5. The van der Waals surface area contributed by atoms with Crippen molar-refractivity contribution in [1.29, 1.82) is 0 Å². The summed E-state index contributed by atoms with van der Waals surface area (Å²) in [4.78, 5) is 41.4. The number of ether oxygens (including phenoxy) is 1. The first-order chi connectivity index (χ1) is 11.9. The molecular weight excluding hydrogens is 326 g/mol. The molecule has 0 saturated carbocycles. The number of rotatable bonds is 5. The van der Waals surface area contributed by atoms with Crippen molar-refractivity contribution in [2.24, 2.45) is 7.05 Å². The number of nitrogens with zero attached hydrogens (tertiary/aromatic N) is 5. The van der Waals surface area contributed by atoms with Crippen LogP contribution in [0.2, 0.25) is 0 Å². The molecule has 0 atom stereocenters. The highest BCUT2D eigenvalue weighted by atomic mass is 16.5. The van der Waals surface area contributed by atoms with Crippen molar-refractivity contribution in [2.45, 2.75) is 40.3 Å². The fourth-order valence-corrected chi connectivity index (χ4v) is 3.08. The molecule has 3 heterocycles. The van der Waals surface area contributed by atoms with Crippen molar-refractivity contribution in [2.75, 3.05) is 6.61 Å². The second-order valence-corrected chi connectivity index (χ2v) is 5.82. The van der Waals surface area contributed by atoms with Gasteiger partial charge in [-0.1, -0.05) is 0 Å². The molecule has 0 aliphatic rings. The third-order valence-corrected chi connectivity index (χ3v) is 4.30. The standard InChI is InChI=1S/C16H21N5O4/c1-5-19-10(3)9-21-12-13(17-15(19)21)18(4)16(24)20(14(12)23)8-7-11(22)25-6-2/h9H,5-8H2,1-4H3. The average Bonchev–Trinajstić information content (AvgIpc) is 3.07. The maximum absolute atomic E-state index is 12.9. The molecule has 25 heavy (non-hydrogen) atoms. The molecule has 0 amide bonds. The van der Waals surface area contributed by atoms with Crippen LogP contribution < -0.4 is 11.2 Å². The quantitative estimate of drug-likeness (QED) is 0.624. The Morgan fingerprint density at radius 3 is 2.60 bits per heavy atom. The summed E-state index contributed by atoms with van der Waals surface area (Å²) in [6.07, 6.45) is 1.79. The molecule has 3 aromatic rings. The van der Waals surface area contributed by atoms with Gasteiger partial charge in [0.25, 0.3) is 5.56 Å². The Balaban J connectivity index is 2.22. The number of imidazole rings is 2. The van der Waals surface area contributed by atoms with E-state index in [0.29, 0.717) is 23.5 Å². The smallest absolute Gasteiger partial charge is 0.332 e. The zero-order valence-electron chi connectivity index (χ0n) is 14.8. The summed E-state index contributed by atoms with van der Waals surface area (Å²) in [7, 11) is 1.57. The summed E-state index contributed by atoms with van der Waals surface area (Å²) in [5.41, 5.74) is 0.680. The minimum absolute atomic E-state index is 0.0268. The molecule has 3 aromatic heterocycles. The van der Waals surface area contributed by atoms with Gasteiger partial charge in [0.15, 0.2) is 11.2 Å². The van der Waals surface area contributed by atoms with Crippen LogP contribution in [0.15, 0.2) is 15.8 Å². The lowest BCUT2D eigenvalue weighted by Gasteiger charge is -2.07. The third kappa shape index (κ3) is 2.55. The molecule has 0 fully saturated rings. The molecule has 0 aromatic carbocycles. The lowest BCUT2D eigenvalue weighted by molar-refractivity contribution is -0.143. The molecule has 134 valence electrons. The normalized spacial score (nSPS) is 11.5. The predicted octanol–water partition coefficient (Wildman–Crippen LogP) is 0.431. The van der Waals surface area contributed by atoms with E-state index in [9.17, 15) is 14.4 Å². The van der Waals surface area contributed by atoms with Gasteiger partial charge in [-0.05, 0) is 20.8 Å². The van der Waals surface area contributed by atoms with Gasteiger partial charge in [0, 0.05) is 32.0 Å². The number of aryl methyl sites for hydroxylation is 3. The molecule has 9 nitrogen and oxygen atoms in total. The highest BCUT2D eigenvalue weighted by Gasteiger charge is 2.20. The van der Waals surface area contributed by atoms with Gasteiger partial charge in [-0.3, -0.25) is 23.1 Å². The highest BCUT2D eigenvalue weighted by Crippen LogP contribution is 2.15. The molecule has 0 aliphatic heterocycles. The number of fused-ring (bicyclic) bond motifs is 3. The summed E-state index contributed by atoms with van der Waals surface area (Å²) < 4.78 is 10.9. The van der Waals surface area contributed by atoms with E-state index in [4.69, 9.17) is 4.74 Å². The van der Waals surface area contributed by atoms with Crippen LogP contribution in [0.3, 0.4) is 0 Å². The van der Waals surface area contributed by atoms with Crippen molar-refractivity contribution in [1.82, 2.24) is 23.1 Å². The van der Waals surface area contributed by atoms with E-state index >= 15 is 0 Å². The van der Waals surface area contributed by atoms with Crippen molar-refractivity contribution < 1.29 is 9.53 Å². The first kappa shape index (κ1) is 17.0. The maximum Gasteiger partial charge on any atom is 0.332 e. The largest absolute Gasteiger partial charge is 0.466 e. The van der Waals surface area contributed by atoms with Crippen LogP contribution in [-0.4, -0.2) is 35.7 Å². The molecule has 0 saturated heterocycles. The van der Waals surface area contributed by atoms with Crippen molar-refractivity contribution in [3.05, 3.63) is 32.7 Å². The first-order valence-corrected chi connectivity index (χ1v) is 8.24. The van der Waals surface area contributed by atoms with Crippen LogP contribution in [-0.2, 0) is 29.7 Å².